The molecule has 1 heterocycles. The molecule has 0 bridgehead atoms. The van der Waals surface area contributed by atoms with E-state index in [4.69, 9.17) is 9.47 Å². The zero-order valence-electron chi connectivity index (χ0n) is 16.8. The molecule has 0 radical (unpaired) electrons. The fraction of sp³-hybridized carbons (Fsp3) is 0.190. The van der Waals surface area contributed by atoms with E-state index in [1.807, 2.05) is 0 Å². The van der Waals surface area contributed by atoms with Crippen LogP contribution < -0.4 is 19.5 Å². The summed E-state index contributed by atoms with van der Waals surface area (Å²) in [6.45, 7) is 0.393. The molecule has 0 saturated heterocycles. The van der Waals surface area contributed by atoms with E-state index < -0.39 is 10.0 Å². The van der Waals surface area contributed by atoms with Crippen molar-refractivity contribution in [1.82, 2.24) is 9.97 Å². The standard InChI is InChI=1S/C21H22N4O5S/c1-29-17-7-9-18(10-8-17)30-15-2-4-20(26)24-16-5-11-19(12-6-16)31(27,28)25-21-22-13-3-14-23-21/h3,5-14H,2,4,15H2,1H3,(H,24,26)(H,22,23,25). The molecule has 0 aliphatic heterocycles. The molecule has 3 rings (SSSR count). The number of rotatable bonds is 10. The first-order valence-electron chi connectivity index (χ1n) is 9.43. The van der Waals surface area contributed by atoms with Crippen molar-refractivity contribution in [1.29, 1.82) is 0 Å². The van der Waals surface area contributed by atoms with Crippen molar-refractivity contribution in [2.24, 2.45) is 0 Å². The summed E-state index contributed by atoms with van der Waals surface area (Å²) in [6.07, 6.45) is 3.67. The number of nitrogens with one attached hydrogen (secondary N) is 2. The Morgan fingerprint density at radius 1 is 0.968 bits per heavy atom. The summed E-state index contributed by atoms with van der Waals surface area (Å²) in [5.74, 6) is 1.24. The summed E-state index contributed by atoms with van der Waals surface area (Å²) in [7, 11) is -2.22. The smallest absolute Gasteiger partial charge is 0.264 e. The first-order chi connectivity index (χ1) is 15.0. The maximum atomic E-state index is 12.4. The molecule has 2 N–H and O–H groups in total. The van der Waals surface area contributed by atoms with Crippen molar-refractivity contribution in [3.8, 4) is 11.5 Å². The molecule has 1 amide bonds. The lowest BCUT2D eigenvalue weighted by Crippen LogP contribution is -2.15. The first-order valence-corrected chi connectivity index (χ1v) is 10.9. The fourth-order valence-corrected chi connectivity index (χ4v) is 3.52. The Bertz CT molecular complexity index is 1090. The predicted molar refractivity (Wildman–Crippen MR) is 116 cm³/mol. The summed E-state index contributed by atoms with van der Waals surface area (Å²) < 4.78 is 37.7. The number of nitrogens with zero attached hydrogens (tertiary/aromatic N) is 2. The van der Waals surface area contributed by atoms with Gasteiger partial charge in [-0.25, -0.2) is 23.1 Å². The van der Waals surface area contributed by atoms with Crippen molar-refractivity contribution >= 4 is 27.6 Å². The van der Waals surface area contributed by atoms with Gasteiger partial charge in [0.2, 0.25) is 11.9 Å². The maximum Gasteiger partial charge on any atom is 0.264 e. The van der Waals surface area contributed by atoms with Gasteiger partial charge in [-0.2, -0.15) is 0 Å². The highest BCUT2D eigenvalue weighted by molar-refractivity contribution is 7.92. The highest BCUT2D eigenvalue weighted by Gasteiger charge is 2.15. The van der Waals surface area contributed by atoms with Crippen LogP contribution in [0.3, 0.4) is 0 Å². The minimum atomic E-state index is -3.82. The van der Waals surface area contributed by atoms with E-state index in [2.05, 4.69) is 20.0 Å². The lowest BCUT2D eigenvalue weighted by molar-refractivity contribution is -0.116. The Morgan fingerprint density at radius 3 is 2.26 bits per heavy atom. The van der Waals surface area contributed by atoms with Gasteiger partial charge < -0.3 is 14.8 Å². The van der Waals surface area contributed by atoms with Crippen LogP contribution >= 0.6 is 0 Å². The summed E-state index contributed by atoms with van der Waals surface area (Å²) >= 11 is 0. The number of carbonyl (C=O) groups excluding carboxylic acids is 1. The molecule has 0 fully saturated rings. The van der Waals surface area contributed by atoms with Gasteiger partial charge in [-0.05, 0) is 61.0 Å². The molecule has 2 aromatic carbocycles. The molecule has 162 valence electrons. The molecule has 0 aliphatic carbocycles. The third kappa shape index (κ3) is 6.68. The van der Waals surface area contributed by atoms with E-state index in [0.29, 0.717) is 24.5 Å². The number of amides is 1. The Hall–Kier alpha value is -3.66. The number of sulfonamides is 1. The number of anilines is 2. The second-order valence-electron chi connectivity index (χ2n) is 6.38. The van der Waals surface area contributed by atoms with Gasteiger partial charge in [-0.3, -0.25) is 4.79 Å². The molecule has 0 saturated carbocycles. The number of benzene rings is 2. The molecule has 31 heavy (non-hydrogen) atoms. The summed E-state index contributed by atoms with van der Waals surface area (Å²) in [5, 5.41) is 2.73. The lowest BCUT2D eigenvalue weighted by atomic mass is 10.2. The average Bonchev–Trinajstić information content (AvgIpc) is 2.78. The Balaban J connectivity index is 1.45. The first kappa shape index (κ1) is 22.0. The number of aromatic nitrogens is 2. The van der Waals surface area contributed by atoms with Crippen molar-refractivity contribution in [3.05, 3.63) is 67.0 Å². The van der Waals surface area contributed by atoms with Gasteiger partial charge in [-0.15, -0.1) is 0 Å². The van der Waals surface area contributed by atoms with Crippen LogP contribution in [0.4, 0.5) is 11.6 Å². The van der Waals surface area contributed by atoms with Crippen LogP contribution in [0, 0.1) is 0 Å². The second kappa shape index (κ2) is 10.4. The quantitative estimate of drug-likeness (QED) is 0.463. The van der Waals surface area contributed by atoms with Crippen LogP contribution in [0.15, 0.2) is 71.9 Å². The van der Waals surface area contributed by atoms with Gasteiger partial charge in [0.1, 0.15) is 11.5 Å². The Labute approximate surface area is 180 Å². The largest absolute Gasteiger partial charge is 0.497 e. The predicted octanol–water partition coefficient (Wildman–Crippen LogP) is 3.08. The van der Waals surface area contributed by atoms with Crippen LogP contribution in [0.2, 0.25) is 0 Å². The van der Waals surface area contributed by atoms with Gasteiger partial charge in [0.15, 0.2) is 0 Å². The molecule has 0 atom stereocenters. The van der Waals surface area contributed by atoms with E-state index in [0.717, 1.165) is 5.75 Å². The minimum Gasteiger partial charge on any atom is -0.497 e. The molecule has 0 spiro atoms. The SMILES string of the molecule is COc1ccc(OCCCC(=O)Nc2ccc(S(=O)(=O)Nc3ncccn3)cc2)cc1. The molecule has 0 unspecified atom stereocenters. The topological polar surface area (TPSA) is 120 Å². The zero-order chi connectivity index (χ0) is 22.1. The van der Waals surface area contributed by atoms with E-state index in [9.17, 15) is 13.2 Å². The van der Waals surface area contributed by atoms with Crippen molar-refractivity contribution in [3.63, 3.8) is 0 Å². The number of hydrogen-bond donors (Lipinski definition) is 2. The highest BCUT2D eigenvalue weighted by atomic mass is 32.2. The minimum absolute atomic E-state index is 0.0169. The molecule has 0 aliphatic rings. The third-order valence-corrected chi connectivity index (χ3v) is 5.46. The highest BCUT2D eigenvalue weighted by Crippen LogP contribution is 2.18. The van der Waals surface area contributed by atoms with E-state index in [-0.39, 0.29) is 23.2 Å². The molecule has 9 nitrogen and oxygen atoms in total. The van der Waals surface area contributed by atoms with Crippen molar-refractivity contribution in [2.45, 2.75) is 17.7 Å². The molecule has 3 aromatic rings. The zero-order valence-corrected chi connectivity index (χ0v) is 17.6. The van der Waals surface area contributed by atoms with Crippen molar-refractivity contribution in [2.75, 3.05) is 23.8 Å². The van der Waals surface area contributed by atoms with E-state index >= 15 is 0 Å². The van der Waals surface area contributed by atoms with Crippen LogP contribution in [0.5, 0.6) is 11.5 Å². The Kier molecular flexibility index (Phi) is 7.39. The monoisotopic (exact) mass is 442 g/mol. The van der Waals surface area contributed by atoms with Gasteiger partial charge in [0, 0.05) is 24.5 Å². The fourth-order valence-electron chi connectivity index (χ4n) is 2.57. The van der Waals surface area contributed by atoms with E-state index in [1.165, 1.54) is 36.7 Å². The van der Waals surface area contributed by atoms with Crippen LogP contribution in [0.25, 0.3) is 0 Å². The average molecular weight is 442 g/mol. The van der Waals surface area contributed by atoms with Crippen LogP contribution in [0.1, 0.15) is 12.8 Å². The number of methoxy groups -OCH3 is 1. The normalized spacial score (nSPS) is 10.9. The number of carbonyl (C=O) groups is 1. The summed E-state index contributed by atoms with van der Waals surface area (Å²) in [6, 6.07) is 14.6. The van der Waals surface area contributed by atoms with Gasteiger partial charge in [0.05, 0.1) is 18.6 Å². The molecular weight excluding hydrogens is 420 g/mol. The van der Waals surface area contributed by atoms with E-state index in [1.54, 1.807) is 37.4 Å². The molecular formula is C21H22N4O5S. The summed E-state index contributed by atoms with van der Waals surface area (Å²) in [4.78, 5) is 19.8. The maximum absolute atomic E-state index is 12.4. The van der Waals surface area contributed by atoms with Gasteiger partial charge >= 0.3 is 0 Å². The lowest BCUT2D eigenvalue weighted by Gasteiger charge is -2.09. The van der Waals surface area contributed by atoms with Gasteiger partial charge in [0.25, 0.3) is 10.0 Å². The third-order valence-electron chi connectivity index (χ3n) is 4.12. The van der Waals surface area contributed by atoms with Crippen molar-refractivity contribution < 1.29 is 22.7 Å². The van der Waals surface area contributed by atoms with Crippen LogP contribution in [-0.2, 0) is 14.8 Å². The second-order valence-corrected chi connectivity index (χ2v) is 8.06. The number of hydrogen-bond acceptors (Lipinski definition) is 7. The molecule has 10 heteroatoms. The summed E-state index contributed by atoms with van der Waals surface area (Å²) in [5.41, 5.74) is 0.496. The molecule has 1 aromatic heterocycles. The van der Waals surface area contributed by atoms with Gasteiger partial charge in [-0.1, -0.05) is 0 Å². The number of ether oxygens (including phenoxy) is 2. The van der Waals surface area contributed by atoms with Crippen LogP contribution in [-0.4, -0.2) is 38.0 Å². The Morgan fingerprint density at radius 2 is 1.61 bits per heavy atom.